The van der Waals surface area contributed by atoms with Gasteiger partial charge in [-0.3, -0.25) is 0 Å². The monoisotopic (exact) mass is 283 g/mol. The minimum Gasteiger partial charge on any atom is -0.212 e. The molecule has 1 aliphatic rings. The number of sulfonamides is 1. The van der Waals surface area contributed by atoms with Crippen LogP contribution in [-0.4, -0.2) is 35.9 Å². The molecule has 2 atom stereocenters. The van der Waals surface area contributed by atoms with Crippen molar-refractivity contribution in [3.63, 3.8) is 0 Å². The Bertz CT molecular complexity index is 279. The minimum absolute atomic E-state index is 0.0975. The summed E-state index contributed by atoms with van der Waals surface area (Å²) in [7, 11) is -3.01. The Balaban J connectivity index is 2.76. The predicted molar refractivity (Wildman–Crippen MR) is 62.2 cm³/mol. The largest absolute Gasteiger partial charge is 0.214 e. The highest BCUT2D eigenvalue weighted by Gasteiger charge is 2.33. The second kappa shape index (κ2) is 4.94. The van der Waals surface area contributed by atoms with Gasteiger partial charge in [-0.15, -0.1) is 0 Å². The molecule has 14 heavy (non-hydrogen) atoms. The van der Waals surface area contributed by atoms with Gasteiger partial charge in [0.15, 0.2) is 0 Å². The van der Waals surface area contributed by atoms with Crippen LogP contribution < -0.4 is 0 Å². The maximum Gasteiger partial charge on any atom is 0.214 e. The normalized spacial score (nSPS) is 30.5. The van der Waals surface area contributed by atoms with Gasteiger partial charge >= 0.3 is 0 Å². The van der Waals surface area contributed by atoms with Crippen LogP contribution in [0, 0.1) is 0 Å². The average Bonchev–Trinajstić information content (AvgIpc) is 2.09. The molecule has 84 valence electrons. The van der Waals surface area contributed by atoms with Gasteiger partial charge in [-0.05, 0) is 26.2 Å². The second-order valence-electron chi connectivity index (χ2n) is 3.83. The summed E-state index contributed by atoms with van der Waals surface area (Å²) in [6.07, 6.45) is 2.72. The fourth-order valence-corrected chi connectivity index (χ4v) is 4.41. The first-order valence-electron chi connectivity index (χ1n) is 5.12. The first-order chi connectivity index (χ1) is 6.49. The molecule has 0 aromatic carbocycles. The lowest BCUT2D eigenvalue weighted by Gasteiger charge is -2.35. The summed E-state index contributed by atoms with van der Waals surface area (Å²) in [5.41, 5.74) is 0. The first-order valence-corrected chi connectivity index (χ1v) is 7.65. The standard InChI is InChI=1S/C9H18BrNO2S/c1-3-7-14(12,13)11-6-4-5-9(10)8(11)2/h8-9H,3-7H2,1-2H3. The Morgan fingerprint density at radius 2 is 2.14 bits per heavy atom. The molecule has 0 saturated carbocycles. The molecular weight excluding hydrogens is 266 g/mol. The summed E-state index contributed by atoms with van der Waals surface area (Å²) >= 11 is 3.53. The molecule has 1 fully saturated rings. The molecule has 0 N–H and O–H groups in total. The summed E-state index contributed by atoms with van der Waals surface area (Å²) in [5, 5.41) is 0. The van der Waals surface area contributed by atoms with E-state index in [4.69, 9.17) is 0 Å². The second-order valence-corrected chi connectivity index (χ2v) is 7.04. The molecule has 1 aliphatic heterocycles. The quantitative estimate of drug-likeness (QED) is 0.743. The van der Waals surface area contributed by atoms with Crippen LogP contribution in [-0.2, 0) is 10.0 Å². The summed E-state index contributed by atoms with van der Waals surface area (Å²) in [6.45, 7) is 4.56. The number of halogens is 1. The van der Waals surface area contributed by atoms with E-state index in [2.05, 4.69) is 15.9 Å². The molecular formula is C9H18BrNO2S. The van der Waals surface area contributed by atoms with Gasteiger partial charge in [0.25, 0.3) is 0 Å². The average molecular weight is 284 g/mol. The molecule has 0 aliphatic carbocycles. The lowest BCUT2D eigenvalue weighted by Crippen LogP contribution is -2.48. The van der Waals surface area contributed by atoms with Crippen LogP contribution in [0.3, 0.4) is 0 Å². The third-order valence-electron chi connectivity index (χ3n) is 2.66. The fourth-order valence-electron chi connectivity index (χ4n) is 1.83. The number of alkyl halides is 1. The molecule has 0 bridgehead atoms. The van der Waals surface area contributed by atoms with Crippen molar-refractivity contribution < 1.29 is 8.42 Å². The van der Waals surface area contributed by atoms with Crippen LogP contribution in [0.2, 0.25) is 0 Å². The number of piperidine rings is 1. The van der Waals surface area contributed by atoms with Gasteiger partial charge in [-0.2, -0.15) is 4.31 Å². The van der Waals surface area contributed by atoms with Crippen molar-refractivity contribution in [3.8, 4) is 0 Å². The van der Waals surface area contributed by atoms with Crippen molar-refractivity contribution in [2.75, 3.05) is 12.3 Å². The summed E-state index contributed by atoms with van der Waals surface area (Å²) in [4.78, 5) is 0.308. The SMILES string of the molecule is CCCS(=O)(=O)N1CCCC(Br)C1C. The Labute approximate surface area is 95.0 Å². The molecule has 5 heteroatoms. The lowest BCUT2D eigenvalue weighted by molar-refractivity contribution is 0.279. The molecule has 0 aromatic rings. The first kappa shape index (κ1) is 12.5. The number of nitrogens with zero attached hydrogens (tertiary/aromatic N) is 1. The summed E-state index contributed by atoms with van der Waals surface area (Å²) in [6, 6.07) is 0.0975. The van der Waals surface area contributed by atoms with Gasteiger partial charge in [-0.1, -0.05) is 22.9 Å². The van der Waals surface area contributed by atoms with E-state index in [0.717, 1.165) is 12.8 Å². The van der Waals surface area contributed by atoms with Crippen molar-refractivity contribution in [1.29, 1.82) is 0 Å². The van der Waals surface area contributed by atoms with Crippen LogP contribution in [0.1, 0.15) is 33.1 Å². The molecule has 0 aromatic heterocycles. The van der Waals surface area contributed by atoms with Crippen LogP contribution in [0.4, 0.5) is 0 Å². The maximum absolute atomic E-state index is 11.8. The molecule has 0 amide bonds. The Morgan fingerprint density at radius 3 is 2.71 bits per heavy atom. The van der Waals surface area contributed by atoms with Crippen LogP contribution in [0.25, 0.3) is 0 Å². The van der Waals surface area contributed by atoms with Gasteiger partial charge in [0.05, 0.1) is 5.75 Å². The van der Waals surface area contributed by atoms with E-state index in [1.54, 1.807) is 4.31 Å². The highest BCUT2D eigenvalue weighted by molar-refractivity contribution is 9.09. The summed E-state index contributed by atoms with van der Waals surface area (Å²) in [5.74, 6) is 0.275. The smallest absolute Gasteiger partial charge is 0.212 e. The van der Waals surface area contributed by atoms with Crippen molar-refractivity contribution in [3.05, 3.63) is 0 Å². The van der Waals surface area contributed by atoms with Gasteiger partial charge in [0.1, 0.15) is 0 Å². The minimum atomic E-state index is -3.01. The molecule has 1 heterocycles. The topological polar surface area (TPSA) is 37.4 Å². The van der Waals surface area contributed by atoms with Crippen molar-refractivity contribution in [2.45, 2.75) is 44.0 Å². The van der Waals surface area contributed by atoms with Gasteiger partial charge in [0, 0.05) is 17.4 Å². The number of hydrogen-bond acceptors (Lipinski definition) is 2. The van der Waals surface area contributed by atoms with Gasteiger partial charge in [-0.25, -0.2) is 8.42 Å². The van der Waals surface area contributed by atoms with E-state index in [0.29, 0.717) is 17.8 Å². The van der Waals surface area contributed by atoms with E-state index in [9.17, 15) is 8.42 Å². The Morgan fingerprint density at radius 1 is 1.50 bits per heavy atom. The van der Waals surface area contributed by atoms with Crippen LogP contribution in [0.5, 0.6) is 0 Å². The van der Waals surface area contributed by atoms with Crippen LogP contribution in [0.15, 0.2) is 0 Å². The van der Waals surface area contributed by atoms with E-state index < -0.39 is 10.0 Å². The maximum atomic E-state index is 11.8. The van der Waals surface area contributed by atoms with Gasteiger partial charge < -0.3 is 0 Å². The molecule has 0 spiro atoms. The Kier molecular flexibility index (Phi) is 4.40. The molecule has 1 saturated heterocycles. The highest BCUT2D eigenvalue weighted by atomic mass is 79.9. The molecule has 3 nitrogen and oxygen atoms in total. The molecule has 1 rings (SSSR count). The zero-order valence-electron chi connectivity index (χ0n) is 8.74. The third kappa shape index (κ3) is 2.70. The van der Waals surface area contributed by atoms with E-state index >= 15 is 0 Å². The number of hydrogen-bond donors (Lipinski definition) is 0. The summed E-state index contributed by atoms with van der Waals surface area (Å²) < 4.78 is 25.3. The van der Waals surface area contributed by atoms with Gasteiger partial charge in [0.2, 0.25) is 10.0 Å². The van der Waals surface area contributed by atoms with E-state index in [1.807, 2.05) is 13.8 Å². The zero-order valence-corrected chi connectivity index (χ0v) is 11.1. The number of rotatable bonds is 3. The third-order valence-corrected chi connectivity index (χ3v) is 6.03. The Hall–Kier alpha value is 0.390. The predicted octanol–water partition coefficient (Wildman–Crippen LogP) is 1.97. The van der Waals surface area contributed by atoms with Crippen molar-refractivity contribution in [2.24, 2.45) is 0 Å². The zero-order chi connectivity index (χ0) is 10.8. The van der Waals surface area contributed by atoms with E-state index in [1.165, 1.54) is 0 Å². The molecule has 0 radical (unpaired) electrons. The fraction of sp³-hybridized carbons (Fsp3) is 1.00. The molecule has 2 unspecified atom stereocenters. The van der Waals surface area contributed by atoms with Crippen LogP contribution >= 0.6 is 15.9 Å². The van der Waals surface area contributed by atoms with E-state index in [-0.39, 0.29) is 11.8 Å². The highest BCUT2D eigenvalue weighted by Crippen LogP contribution is 2.26. The van der Waals surface area contributed by atoms with Crippen molar-refractivity contribution >= 4 is 26.0 Å². The lowest BCUT2D eigenvalue weighted by atomic mass is 10.1. The van der Waals surface area contributed by atoms with Crippen molar-refractivity contribution in [1.82, 2.24) is 4.31 Å².